The van der Waals surface area contributed by atoms with Gasteiger partial charge in [-0.25, -0.2) is 4.98 Å². The Morgan fingerprint density at radius 3 is 2.74 bits per heavy atom. The third-order valence-electron chi connectivity index (χ3n) is 9.32. The van der Waals surface area contributed by atoms with Gasteiger partial charge in [0.25, 0.3) is 5.56 Å². The number of rotatable bonds is 10. The van der Waals surface area contributed by atoms with E-state index in [1.165, 1.54) is 18.5 Å². The molecule has 0 amide bonds. The van der Waals surface area contributed by atoms with Crippen LogP contribution in [-0.2, 0) is 17.7 Å². The fourth-order valence-electron chi connectivity index (χ4n) is 6.40. The Kier molecular flexibility index (Phi) is 10.3. The summed E-state index contributed by atoms with van der Waals surface area (Å²) in [5, 5.41) is 7.59. The molecular weight excluding hydrogens is 578 g/mol. The summed E-state index contributed by atoms with van der Waals surface area (Å²) in [7, 11) is 3.82. The normalized spacial score (nSPS) is 17.5. The lowest BCUT2D eigenvalue weighted by Crippen LogP contribution is -2.44. The lowest BCUT2D eigenvalue weighted by molar-refractivity contribution is 0.196. The zero-order valence-electron chi connectivity index (χ0n) is 27.2. The SMILES string of the molecule is CCN1CCC(C#Cc2cc3cnc(Nc4ccc(N(C)C5CCCNC5)cc4)nc3n(Cc3ccoc3CCOC)c2=O)CC1. The highest BCUT2D eigenvalue weighted by Gasteiger charge is 2.19. The van der Waals surface area contributed by atoms with Crippen molar-refractivity contribution in [2.75, 3.05) is 63.7 Å². The first-order chi connectivity index (χ1) is 22.5. The minimum Gasteiger partial charge on any atom is -0.469 e. The number of likely N-dealkylation sites (tertiary alicyclic amines) is 1. The van der Waals surface area contributed by atoms with E-state index in [1.807, 2.05) is 24.3 Å². The first-order valence-electron chi connectivity index (χ1n) is 16.5. The fourth-order valence-corrected chi connectivity index (χ4v) is 6.40. The van der Waals surface area contributed by atoms with Gasteiger partial charge in [-0.3, -0.25) is 9.36 Å². The molecule has 1 atom stereocenters. The van der Waals surface area contributed by atoms with Crippen LogP contribution >= 0.6 is 0 Å². The van der Waals surface area contributed by atoms with Crippen LogP contribution in [0.2, 0.25) is 0 Å². The highest BCUT2D eigenvalue weighted by Crippen LogP contribution is 2.24. The quantitative estimate of drug-likeness (QED) is 0.245. The van der Waals surface area contributed by atoms with Gasteiger partial charge >= 0.3 is 0 Å². The molecule has 1 unspecified atom stereocenters. The second-order valence-corrected chi connectivity index (χ2v) is 12.3. The van der Waals surface area contributed by atoms with Crippen molar-refractivity contribution in [3.8, 4) is 11.8 Å². The summed E-state index contributed by atoms with van der Waals surface area (Å²) in [6, 6.07) is 12.5. The van der Waals surface area contributed by atoms with Gasteiger partial charge in [-0.05, 0) is 88.3 Å². The standard InChI is InChI=1S/C36H45N7O3/c1-4-42-18-13-26(14-19-42)7-8-27-22-29-23-38-36(39-30-9-11-31(12-10-30)41(2)32-6-5-17-37-24-32)40-34(29)43(35(27)44)25-28-15-21-46-33(28)16-20-45-3/h9-12,15,21-23,26,32,37H,4-6,13-14,16-20,24-25H2,1-3H3,(H,38,39,40). The molecule has 0 bridgehead atoms. The zero-order valence-corrected chi connectivity index (χ0v) is 27.2. The summed E-state index contributed by atoms with van der Waals surface area (Å²) in [5.74, 6) is 8.15. The van der Waals surface area contributed by atoms with Gasteiger partial charge in [-0.2, -0.15) is 4.98 Å². The molecule has 2 N–H and O–H groups in total. The molecule has 2 fully saturated rings. The van der Waals surface area contributed by atoms with E-state index in [-0.39, 0.29) is 11.5 Å². The Labute approximate surface area is 271 Å². The van der Waals surface area contributed by atoms with Crippen LogP contribution in [0.25, 0.3) is 11.0 Å². The van der Waals surface area contributed by atoms with Gasteiger partial charge in [0.15, 0.2) is 0 Å². The van der Waals surface area contributed by atoms with Gasteiger partial charge in [0.1, 0.15) is 11.4 Å². The van der Waals surface area contributed by atoms with Gasteiger partial charge in [0.05, 0.1) is 25.0 Å². The molecule has 46 heavy (non-hydrogen) atoms. The number of furan rings is 1. The summed E-state index contributed by atoms with van der Waals surface area (Å²) < 4.78 is 12.7. The van der Waals surface area contributed by atoms with E-state index in [9.17, 15) is 4.79 Å². The number of piperidine rings is 2. The number of nitrogens with one attached hydrogen (secondary N) is 2. The maximum absolute atomic E-state index is 14.0. The van der Waals surface area contributed by atoms with E-state index in [1.54, 1.807) is 24.1 Å². The fraction of sp³-hybridized carbons (Fsp3) is 0.472. The molecule has 0 saturated carbocycles. The second kappa shape index (κ2) is 14.9. The second-order valence-electron chi connectivity index (χ2n) is 12.3. The topological polar surface area (TPSA) is 101 Å². The van der Waals surface area contributed by atoms with Crippen LogP contribution < -0.4 is 21.1 Å². The number of benzene rings is 1. The summed E-state index contributed by atoms with van der Waals surface area (Å²) in [5.41, 5.74) is 3.80. The van der Waals surface area contributed by atoms with Crippen LogP contribution in [0.1, 0.15) is 49.5 Å². The number of anilines is 3. The van der Waals surface area contributed by atoms with Crippen LogP contribution in [-0.4, -0.2) is 79.0 Å². The van der Waals surface area contributed by atoms with E-state index >= 15 is 0 Å². The number of nitrogens with zero attached hydrogens (tertiary/aromatic N) is 5. The minimum absolute atomic E-state index is 0.167. The Bertz CT molecular complexity index is 1720. The summed E-state index contributed by atoms with van der Waals surface area (Å²) in [6.07, 6.45) is 8.47. The molecular formula is C36H45N7O3. The number of hydrogen-bond donors (Lipinski definition) is 2. The average Bonchev–Trinajstić information content (AvgIpc) is 3.55. The predicted molar refractivity (Wildman–Crippen MR) is 183 cm³/mol. The van der Waals surface area contributed by atoms with Gasteiger partial charge in [0.2, 0.25) is 5.95 Å². The Morgan fingerprint density at radius 2 is 2.00 bits per heavy atom. The van der Waals surface area contributed by atoms with E-state index < -0.39 is 0 Å². The number of fused-ring (bicyclic) bond motifs is 1. The first kappa shape index (κ1) is 31.8. The van der Waals surface area contributed by atoms with Gasteiger partial charge in [-0.15, -0.1) is 0 Å². The summed E-state index contributed by atoms with van der Waals surface area (Å²) >= 11 is 0. The third kappa shape index (κ3) is 7.44. The Morgan fingerprint density at radius 1 is 1.17 bits per heavy atom. The van der Waals surface area contributed by atoms with Crippen LogP contribution in [0.15, 0.2) is 58.1 Å². The van der Waals surface area contributed by atoms with Gasteiger partial charge in [-0.1, -0.05) is 18.8 Å². The molecule has 0 radical (unpaired) electrons. The average molecular weight is 624 g/mol. The number of methoxy groups -OCH3 is 1. The molecule has 0 aliphatic carbocycles. The zero-order chi connectivity index (χ0) is 31.9. The smallest absolute Gasteiger partial charge is 0.268 e. The van der Waals surface area contributed by atoms with Crippen molar-refractivity contribution in [3.05, 3.63) is 76.1 Å². The van der Waals surface area contributed by atoms with Crippen LogP contribution in [0.5, 0.6) is 0 Å². The summed E-state index contributed by atoms with van der Waals surface area (Å²) in [4.78, 5) is 28.3. The van der Waals surface area contributed by atoms with Gasteiger partial charge < -0.3 is 29.6 Å². The molecule has 1 aromatic carbocycles. The molecule has 2 saturated heterocycles. The molecule has 5 heterocycles. The Balaban J connectivity index is 1.29. The van der Waals surface area contributed by atoms with Crippen molar-refractivity contribution in [1.82, 2.24) is 24.8 Å². The highest BCUT2D eigenvalue weighted by molar-refractivity contribution is 5.77. The van der Waals surface area contributed by atoms with Gasteiger partial charge in [0, 0.05) is 67.6 Å². The highest BCUT2D eigenvalue weighted by atomic mass is 16.5. The van der Waals surface area contributed by atoms with Crippen LogP contribution in [0.3, 0.4) is 0 Å². The van der Waals surface area contributed by atoms with Crippen molar-refractivity contribution >= 4 is 28.4 Å². The molecule has 4 aromatic rings. The lowest BCUT2D eigenvalue weighted by Gasteiger charge is -2.33. The summed E-state index contributed by atoms with van der Waals surface area (Å²) in [6.45, 7) is 8.28. The number of ether oxygens (including phenoxy) is 1. The van der Waals surface area contributed by atoms with E-state index in [0.29, 0.717) is 42.8 Å². The van der Waals surface area contributed by atoms with E-state index in [0.717, 1.165) is 68.0 Å². The predicted octanol–water partition coefficient (Wildman–Crippen LogP) is 4.64. The molecule has 2 aliphatic rings. The third-order valence-corrected chi connectivity index (χ3v) is 9.32. The molecule has 0 spiro atoms. The molecule has 10 nitrogen and oxygen atoms in total. The lowest BCUT2D eigenvalue weighted by atomic mass is 9.97. The van der Waals surface area contributed by atoms with Crippen molar-refractivity contribution < 1.29 is 9.15 Å². The largest absolute Gasteiger partial charge is 0.469 e. The molecule has 2 aliphatic heterocycles. The number of aromatic nitrogens is 3. The Hall–Kier alpha value is -4.17. The maximum atomic E-state index is 14.0. The first-order valence-corrected chi connectivity index (χ1v) is 16.5. The monoisotopic (exact) mass is 623 g/mol. The van der Waals surface area contributed by atoms with Crippen molar-refractivity contribution in [1.29, 1.82) is 0 Å². The number of likely N-dealkylation sites (N-methyl/N-ethyl adjacent to an activating group) is 1. The number of hydrogen-bond acceptors (Lipinski definition) is 9. The molecule has 6 rings (SSSR count). The van der Waals surface area contributed by atoms with Crippen LogP contribution in [0, 0.1) is 17.8 Å². The van der Waals surface area contributed by atoms with E-state index in [2.05, 4.69) is 63.4 Å². The molecule has 10 heteroatoms. The van der Waals surface area contributed by atoms with Crippen molar-refractivity contribution in [3.63, 3.8) is 0 Å². The van der Waals surface area contributed by atoms with E-state index in [4.69, 9.17) is 14.1 Å². The molecule has 3 aromatic heterocycles. The van der Waals surface area contributed by atoms with Crippen LogP contribution in [0.4, 0.5) is 17.3 Å². The maximum Gasteiger partial charge on any atom is 0.268 e. The minimum atomic E-state index is -0.167. The molecule has 242 valence electrons. The van der Waals surface area contributed by atoms with Crippen molar-refractivity contribution in [2.45, 2.75) is 51.6 Å². The van der Waals surface area contributed by atoms with Crippen molar-refractivity contribution in [2.24, 2.45) is 5.92 Å². The number of pyridine rings is 1.